The number of nitrogens with zero attached hydrogens (tertiary/aromatic N) is 3. The number of pyridine rings is 1. The van der Waals surface area contributed by atoms with Gasteiger partial charge in [-0.2, -0.15) is 0 Å². The molecule has 0 amide bonds. The summed E-state index contributed by atoms with van der Waals surface area (Å²) in [6.07, 6.45) is 8.64. The molecule has 0 radical (unpaired) electrons. The van der Waals surface area contributed by atoms with E-state index in [-0.39, 0.29) is 0 Å². The Morgan fingerprint density at radius 3 is 2.36 bits per heavy atom. The second-order valence-corrected chi connectivity index (χ2v) is 8.88. The molecule has 156 valence electrons. The lowest BCUT2D eigenvalue weighted by molar-refractivity contribution is 0.872. The lowest BCUT2D eigenvalue weighted by atomic mass is 9.99. The minimum absolute atomic E-state index is 0.986. The van der Waals surface area contributed by atoms with Gasteiger partial charge in [0.15, 0.2) is 0 Å². The van der Waals surface area contributed by atoms with Crippen LogP contribution in [0.5, 0.6) is 0 Å². The van der Waals surface area contributed by atoms with Gasteiger partial charge in [0.05, 0.1) is 16.6 Å². The monoisotopic (exact) mass is 423 g/mol. The summed E-state index contributed by atoms with van der Waals surface area (Å²) in [7, 11) is 2.09. The zero-order valence-electron chi connectivity index (χ0n) is 18.5. The Kier molecular flexibility index (Phi) is 3.92. The Hall–Kier alpha value is -4.05. The molecular formula is C29H22BN3. The van der Waals surface area contributed by atoms with Crippen molar-refractivity contribution in [3.05, 3.63) is 102 Å². The Labute approximate surface area is 193 Å². The van der Waals surface area contributed by atoms with Gasteiger partial charge in [0.1, 0.15) is 13.7 Å². The molecule has 0 spiro atoms. The highest BCUT2D eigenvalue weighted by molar-refractivity contribution is 6.32. The molecule has 0 bridgehead atoms. The molecule has 3 aromatic heterocycles. The lowest BCUT2D eigenvalue weighted by Crippen LogP contribution is -2.09. The molecule has 0 saturated carbocycles. The highest BCUT2D eigenvalue weighted by Crippen LogP contribution is 2.41. The Balaban J connectivity index is 1.74. The predicted octanol–water partition coefficient (Wildman–Crippen LogP) is 5.34. The van der Waals surface area contributed by atoms with Gasteiger partial charge in [0.25, 0.3) is 0 Å². The first-order valence-electron chi connectivity index (χ1n) is 11.6. The molecule has 7 rings (SSSR count). The van der Waals surface area contributed by atoms with Crippen LogP contribution >= 0.6 is 0 Å². The van der Waals surface area contributed by atoms with E-state index in [0.29, 0.717) is 0 Å². The van der Waals surface area contributed by atoms with Gasteiger partial charge in [-0.15, -0.1) is 0 Å². The van der Waals surface area contributed by atoms with Gasteiger partial charge in [-0.05, 0) is 37.1 Å². The van der Waals surface area contributed by atoms with Crippen LogP contribution in [0.3, 0.4) is 0 Å². The van der Waals surface area contributed by atoms with Crippen LogP contribution in [-0.2, 0) is 6.42 Å². The van der Waals surface area contributed by atoms with E-state index in [2.05, 4.69) is 108 Å². The van der Waals surface area contributed by atoms with Crippen molar-refractivity contribution in [3.8, 4) is 11.5 Å². The molecule has 1 aliphatic carbocycles. The third kappa shape index (κ3) is 2.61. The number of hydrogen-bond acceptors (Lipinski definition) is 1. The highest BCUT2D eigenvalue weighted by Gasteiger charge is 2.24. The Bertz CT molecular complexity index is 1700. The lowest BCUT2D eigenvalue weighted by Gasteiger charge is -2.14. The standard InChI is InChI=1S/C29H22BN3/c30-19-14-17-27(31-18-19)33-26-13-7-5-11-22(26)24-16-15-23-21-10-4-6-12-25(21)32(28(23)29(24)33)20-8-2-1-3-9-20/h1-6,8-12,14-18H,7,13,30H2. The summed E-state index contributed by atoms with van der Waals surface area (Å²) >= 11 is 0. The summed E-state index contributed by atoms with van der Waals surface area (Å²) in [6.45, 7) is 0. The summed E-state index contributed by atoms with van der Waals surface area (Å²) in [6, 6.07) is 28.4. The van der Waals surface area contributed by atoms with Gasteiger partial charge in [0, 0.05) is 39.3 Å². The smallest absolute Gasteiger partial charge is 0.141 e. The van der Waals surface area contributed by atoms with Crippen LogP contribution in [-0.4, -0.2) is 22.0 Å². The number of allylic oxidation sites excluding steroid dienone is 1. The van der Waals surface area contributed by atoms with E-state index in [0.717, 1.165) is 18.7 Å². The summed E-state index contributed by atoms with van der Waals surface area (Å²) in [4.78, 5) is 4.87. The molecule has 3 heterocycles. The zero-order valence-corrected chi connectivity index (χ0v) is 18.5. The fourth-order valence-electron chi connectivity index (χ4n) is 5.44. The molecule has 33 heavy (non-hydrogen) atoms. The van der Waals surface area contributed by atoms with Gasteiger partial charge < -0.3 is 4.57 Å². The van der Waals surface area contributed by atoms with Crippen LogP contribution in [0.4, 0.5) is 0 Å². The second-order valence-electron chi connectivity index (χ2n) is 8.88. The third-order valence-corrected chi connectivity index (χ3v) is 6.88. The normalized spacial score (nSPS) is 13.2. The number of fused-ring (bicyclic) bond motifs is 7. The van der Waals surface area contributed by atoms with E-state index in [1.807, 2.05) is 6.20 Å². The van der Waals surface area contributed by atoms with Gasteiger partial charge >= 0.3 is 0 Å². The average Bonchev–Trinajstić information content (AvgIpc) is 3.38. The van der Waals surface area contributed by atoms with Gasteiger partial charge in [0.2, 0.25) is 0 Å². The average molecular weight is 423 g/mol. The molecule has 3 aromatic carbocycles. The third-order valence-electron chi connectivity index (χ3n) is 6.88. The predicted molar refractivity (Wildman–Crippen MR) is 141 cm³/mol. The molecule has 4 heteroatoms. The van der Waals surface area contributed by atoms with E-state index in [1.165, 1.54) is 55.1 Å². The van der Waals surface area contributed by atoms with E-state index >= 15 is 0 Å². The molecule has 6 aromatic rings. The number of hydrogen-bond donors (Lipinski definition) is 0. The minimum atomic E-state index is 0.986. The van der Waals surface area contributed by atoms with E-state index < -0.39 is 0 Å². The van der Waals surface area contributed by atoms with E-state index in [1.54, 1.807) is 0 Å². The molecule has 3 nitrogen and oxygen atoms in total. The largest absolute Gasteiger partial charge is 0.307 e. The maximum Gasteiger partial charge on any atom is 0.141 e. The van der Waals surface area contributed by atoms with Crippen molar-refractivity contribution in [1.82, 2.24) is 14.1 Å². The van der Waals surface area contributed by atoms with Crippen molar-refractivity contribution < 1.29 is 0 Å². The van der Waals surface area contributed by atoms with Crippen molar-refractivity contribution in [3.63, 3.8) is 0 Å². The fraction of sp³-hybridized carbons (Fsp3) is 0.0690. The first-order valence-corrected chi connectivity index (χ1v) is 11.6. The van der Waals surface area contributed by atoms with Crippen molar-refractivity contribution in [2.45, 2.75) is 12.8 Å². The van der Waals surface area contributed by atoms with Crippen molar-refractivity contribution in [2.75, 3.05) is 0 Å². The number of benzene rings is 3. The van der Waals surface area contributed by atoms with Crippen LogP contribution in [0, 0.1) is 0 Å². The van der Waals surface area contributed by atoms with E-state index in [9.17, 15) is 0 Å². The molecule has 0 fully saturated rings. The highest BCUT2D eigenvalue weighted by atomic mass is 15.1. The number of rotatable bonds is 2. The summed E-state index contributed by atoms with van der Waals surface area (Å²) in [5.74, 6) is 0.986. The van der Waals surface area contributed by atoms with Crippen molar-refractivity contribution in [2.24, 2.45) is 0 Å². The van der Waals surface area contributed by atoms with Crippen molar-refractivity contribution in [1.29, 1.82) is 0 Å². The second kappa shape index (κ2) is 6.98. The minimum Gasteiger partial charge on any atom is -0.307 e. The number of aromatic nitrogens is 3. The molecule has 1 aliphatic rings. The quantitative estimate of drug-likeness (QED) is 0.345. The first-order chi connectivity index (χ1) is 16.3. The van der Waals surface area contributed by atoms with Crippen molar-refractivity contribution >= 4 is 52.1 Å². The van der Waals surface area contributed by atoms with Gasteiger partial charge in [-0.1, -0.05) is 72.2 Å². The van der Waals surface area contributed by atoms with Crippen LogP contribution < -0.4 is 5.46 Å². The van der Waals surface area contributed by atoms with Crippen LogP contribution in [0.15, 0.2) is 91.1 Å². The number of para-hydroxylation sites is 2. The van der Waals surface area contributed by atoms with E-state index in [4.69, 9.17) is 4.98 Å². The first kappa shape index (κ1) is 18.5. The SMILES string of the molecule is Bc1ccc(-n2c3c(c4ccc5c6ccccc6n(-c6ccccc6)c5c42)C=CCC3)nc1. The summed E-state index contributed by atoms with van der Waals surface area (Å²) in [5.41, 5.74) is 8.73. The van der Waals surface area contributed by atoms with Gasteiger partial charge in [-0.25, -0.2) is 4.98 Å². The zero-order chi connectivity index (χ0) is 21.9. The molecule has 0 N–H and O–H groups in total. The molecule has 0 unspecified atom stereocenters. The molecular weight excluding hydrogens is 401 g/mol. The topological polar surface area (TPSA) is 22.8 Å². The Morgan fingerprint density at radius 2 is 1.52 bits per heavy atom. The summed E-state index contributed by atoms with van der Waals surface area (Å²) in [5, 5.41) is 3.83. The van der Waals surface area contributed by atoms with Crippen LogP contribution in [0.2, 0.25) is 0 Å². The van der Waals surface area contributed by atoms with Crippen LogP contribution in [0.1, 0.15) is 17.7 Å². The maximum atomic E-state index is 4.87. The molecule has 0 saturated heterocycles. The Morgan fingerprint density at radius 1 is 0.727 bits per heavy atom. The fourth-order valence-corrected chi connectivity index (χ4v) is 5.44. The maximum absolute atomic E-state index is 4.87. The van der Waals surface area contributed by atoms with Crippen LogP contribution in [0.25, 0.3) is 50.3 Å². The molecule has 0 atom stereocenters. The summed E-state index contributed by atoms with van der Waals surface area (Å²) < 4.78 is 4.83. The molecule has 0 aliphatic heterocycles. The van der Waals surface area contributed by atoms with Gasteiger partial charge in [-0.3, -0.25) is 4.57 Å².